The minimum atomic E-state index is -1.63. The Morgan fingerprint density at radius 2 is 1.27 bits per heavy atom. The van der Waals surface area contributed by atoms with Crippen LogP contribution < -0.4 is 0 Å². The van der Waals surface area contributed by atoms with Gasteiger partial charge in [0.15, 0.2) is 0 Å². The summed E-state index contributed by atoms with van der Waals surface area (Å²) in [5, 5.41) is 2.63. The number of unbranched alkanes of at least 4 members (excludes halogenated alkanes) is 1. The van der Waals surface area contributed by atoms with Crippen LogP contribution in [0.3, 0.4) is 0 Å². The number of hydrogen-bond donors (Lipinski definition) is 0. The zero-order valence-electron chi connectivity index (χ0n) is 19.0. The molecule has 1 heterocycles. The summed E-state index contributed by atoms with van der Waals surface area (Å²) in [4.78, 5) is 0. The van der Waals surface area contributed by atoms with Crippen molar-refractivity contribution < 1.29 is 0 Å². The Morgan fingerprint density at radius 3 is 1.70 bits per heavy atom. The van der Waals surface area contributed by atoms with Crippen LogP contribution in [0.1, 0.15) is 54.4 Å². The van der Waals surface area contributed by atoms with Crippen LogP contribution in [-0.2, 0) is 6.54 Å². The molecular formula is C26H33Br2NSi. The Morgan fingerprint density at radius 1 is 0.800 bits per heavy atom. The molecule has 4 heteroatoms. The first-order chi connectivity index (χ1) is 14.2. The summed E-state index contributed by atoms with van der Waals surface area (Å²) in [6.45, 7) is 15.3. The molecule has 0 saturated carbocycles. The molecule has 1 aromatic heterocycles. The molecule has 0 N–H and O–H groups in total. The third kappa shape index (κ3) is 4.45. The average molecular weight is 547 g/mol. The van der Waals surface area contributed by atoms with Gasteiger partial charge in [0, 0.05) is 32.7 Å². The molecule has 0 radical (unpaired) electrons. The Labute approximate surface area is 199 Å². The first-order valence-corrected chi connectivity index (χ1v) is 14.9. The van der Waals surface area contributed by atoms with Gasteiger partial charge in [0.1, 0.15) is 8.07 Å². The Bertz CT molecular complexity index is 1020. The van der Waals surface area contributed by atoms with E-state index in [1.54, 1.807) is 0 Å². The quantitative estimate of drug-likeness (QED) is 0.165. The molecule has 0 unspecified atom stereocenters. The monoisotopic (exact) mass is 545 g/mol. The summed E-state index contributed by atoms with van der Waals surface area (Å²) in [6, 6.07) is 13.2. The number of halogens is 2. The number of benzene rings is 2. The molecule has 0 aliphatic heterocycles. The summed E-state index contributed by atoms with van der Waals surface area (Å²) in [5.41, 5.74) is 8.53. The smallest absolute Gasteiger partial charge is 0.145 e. The van der Waals surface area contributed by atoms with Gasteiger partial charge in [-0.05, 0) is 47.3 Å². The number of nitrogens with zero attached hydrogens (tertiary/aromatic N) is 1. The van der Waals surface area contributed by atoms with Gasteiger partial charge in [0.25, 0.3) is 0 Å². The number of aryl methyl sites for hydroxylation is 1. The summed E-state index contributed by atoms with van der Waals surface area (Å²) < 4.78 is 4.71. The molecule has 0 amide bonds. The van der Waals surface area contributed by atoms with E-state index < -0.39 is 8.07 Å². The Kier molecular flexibility index (Phi) is 7.59. The summed E-state index contributed by atoms with van der Waals surface area (Å²) >= 11 is 7.31. The van der Waals surface area contributed by atoms with Crippen LogP contribution in [0.2, 0.25) is 16.6 Å². The lowest BCUT2D eigenvalue weighted by Crippen LogP contribution is -2.43. The highest BCUT2D eigenvalue weighted by atomic mass is 79.9. The van der Waals surface area contributed by atoms with E-state index in [2.05, 4.69) is 126 Å². The maximum atomic E-state index is 3.87. The minimum absolute atomic E-state index is 0.692. The molecule has 3 rings (SSSR count). The van der Waals surface area contributed by atoms with Crippen molar-refractivity contribution in [1.29, 1.82) is 0 Å². The standard InChI is InChI=1S/C26H33Br2NSi/c1-18(2)30(19(3)4,20(5)6)15-9-7-8-14-29-25-16-21(27)10-12-23(25)24-13-11-22(28)17-26(24)29/h10-13,16-20H,7-8,14H2,1-6H3. The zero-order chi connectivity index (χ0) is 22.1. The third-order valence-corrected chi connectivity index (χ3v) is 14.0. The van der Waals surface area contributed by atoms with Gasteiger partial charge < -0.3 is 4.57 Å². The maximum absolute atomic E-state index is 3.87. The van der Waals surface area contributed by atoms with Crippen LogP contribution in [0.5, 0.6) is 0 Å². The van der Waals surface area contributed by atoms with Crippen LogP contribution in [0.4, 0.5) is 0 Å². The largest absolute Gasteiger partial charge is 0.340 e. The van der Waals surface area contributed by atoms with E-state index in [9.17, 15) is 0 Å². The van der Waals surface area contributed by atoms with Crippen LogP contribution in [0.25, 0.3) is 21.8 Å². The van der Waals surface area contributed by atoms with Crippen molar-refractivity contribution in [3.63, 3.8) is 0 Å². The molecule has 3 aromatic rings. The molecule has 0 bridgehead atoms. The molecule has 0 fully saturated rings. The third-order valence-electron chi connectivity index (χ3n) is 6.65. The average Bonchev–Trinajstić information content (AvgIpc) is 2.95. The first kappa shape index (κ1) is 23.6. The minimum Gasteiger partial charge on any atom is -0.340 e. The maximum Gasteiger partial charge on any atom is 0.145 e. The van der Waals surface area contributed by atoms with E-state index in [0.717, 1.165) is 28.3 Å². The second kappa shape index (κ2) is 9.63. The molecule has 0 aliphatic carbocycles. The van der Waals surface area contributed by atoms with Crippen LogP contribution in [0.15, 0.2) is 45.3 Å². The molecule has 1 nitrogen and oxygen atoms in total. The Hall–Kier alpha value is -1.02. The molecular weight excluding hydrogens is 514 g/mol. The van der Waals surface area contributed by atoms with Crippen molar-refractivity contribution in [2.45, 2.75) is 77.6 Å². The highest BCUT2D eigenvalue weighted by Crippen LogP contribution is 2.40. The van der Waals surface area contributed by atoms with Crippen LogP contribution in [-0.4, -0.2) is 12.6 Å². The van der Waals surface area contributed by atoms with E-state index in [-0.39, 0.29) is 0 Å². The van der Waals surface area contributed by atoms with Gasteiger partial charge in [0.2, 0.25) is 0 Å². The number of hydrogen-bond acceptors (Lipinski definition) is 0. The molecule has 30 heavy (non-hydrogen) atoms. The highest BCUT2D eigenvalue weighted by molar-refractivity contribution is 9.10. The first-order valence-electron chi connectivity index (χ1n) is 11.1. The molecule has 0 spiro atoms. The molecule has 2 aromatic carbocycles. The van der Waals surface area contributed by atoms with E-state index in [0.29, 0.717) is 16.6 Å². The van der Waals surface area contributed by atoms with Gasteiger partial charge in [-0.15, -0.1) is 11.5 Å². The molecule has 0 atom stereocenters. The van der Waals surface area contributed by atoms with Crippen molar-refractivity contribution in [2.24, 2.45) is 0 Å². The van der Waals surface area contributed by atoms with Crippen LogP contribution >= 0.6 is 31.9 Å². The zero-order valence-corrected chi connectivity index (χ0v) is 23.2. The van der Waals surface area contributed by atoms with E-state index >= 15 is 0 Å². The van der Waals surface area contributed by atoms with Gasteiger partial charge >= 0.3 is 0 Å². The van der Waals surface area contributed by atoms with Gasteiger partial charge in [-0.3, -0.25) is 0 Å². The molecule has 160 valence electrons. The predicted molar refractivity (Wildman–Crippen MR) is 143 cm³/mol. The second-order valence-electron chi connectivity index (χ2n) is 9.28. The topological polar surface area (TPSA) is 4.93 Å². The normalized spacial score (nSPS) is 12.4. The number of rotatable bonds is 6. The van der Waals surface area contributed by atoms with Crippen LogP contribution in [0, 0.1) is 11.5 Å². The van der Waals surface area contributed by atoms with E-state index in [1.165, 1.54) is 21.8 Å². The number of fused-ring (bicyclic) bond motifs is 3. The van der Waals surface area contributed by atoms with Crippen molar-refractivity contribution in [2.75, 3.05) is 0 Å². The summed E-state index contributed by atoms with van der Waals surface area (Å²) in [6.07, 6.45) is 2.04. The van der Waals surface area contributed by atoms with E-state index in [4.69, 9.17) is 0 Å². The fourth-order valence-electron chi connectivity index (χ4n) is 5.26. The fourth-order valence-corrected chi connectivity index (χ4v) is 11.3. The van der Waals surface area contributed by atoms with Crippen molar-refractivity contribution in [1.82, 2.24) is 4.57 Å². The predicted octanol–water partition coefficient (Wildman–Crippen LogP) is 9.32. The van der Waals surface area contributed by atoms with Gasteiger partial charge in [0.05, 0.1) is 11.0 Å². The highest BCUT2D eigenvalue weighted by Gasteiger charge is 2.41. The number of aromatic nitrogens is 1. The molecule has 0 saturated heterocycles. The lowest BCUT2D eigenvalue weighted by Gasteiger charge is -2.38. The lowest BCUT2D eigenvalue weighted by atomic mass is 10.2. The van der Waals surface area contributed by atoms with Crippen molar-refractivity contribution in [3.8, 4) is 11.5 Å². The molecule has 0 aliphatic rings. The second-order valence-corrected chi connectivity index (χ2v) is 16.7. The SMILES string of the molecule is CC(C)[Si](C#CCCCn1c2cc(Br)ccc2c2ccc(Br)cc21)(C(C)C)C(C)C. The van der Waals surface area contributed by atoms with Gasteiger partial charge in [-0.2, -0.15) is 0 Å². The van der Waals surface area contributed by atoms with Crippen molar-refractivity contribution >= 4 is 61.7 Å². The van der Waals surface area contributed by atoms with Gasteiger partial charge in [-0.25, -0.2) is 0 Å². The summed E-state index contributed by atoms with van der Waals surface area (Å²) in [5.74, 6) is 3.63. The van der Waals surface area contributed by atoms with E-state index in [1.807, 2.05) is 0 Å². The van der Waals surface area contributed by atoms with Gasteiger partial charge in [-0.1, -0.05) is 85.5 Å². The fraction of sp³-hybridized carbons (Fsp3) is 0.462. The lowest BCUT2D eigenvalue weighted by molar-refractivity contribution is 0.694. The summed E-state index contributed by atoms with van der Waals surface area (Å²) in [7, 11) is -1.63. The van der Waals surface area contributed by atoms with Crippen molar-refractivity contribution in [3.05, 3.63) is 45.3 Å². The Balaban J connectivity index is 1.87.